The molecule has 4 heteroatoms. The Morgan fingerprint density at radius 2 is 1.15 bits per heavy atom. The summed E-state index contributed by atoms with van der Waals surface area (Å²) in [6, 6.07) is 16.0. The van der Waals surface area contributed by atoms with Crippen molar-refractivity contribution in [2.75, 3.05) is 10.1 Å². The van der Waals surface area contributed by atoms with E-state index in [1.54, 1.807) is 0 Å². The minimum Gasteiger partial charge on any atom is -0.288 e. The van der Waals surface area contributed by atoms with Crippen molar-refractivity contribution in [1.82, 2.24) is 0 Å². The van der Waals surface area contributed by atoms with E-state index in [0.29, 0.717) is 0 Å². The van der Waals surface area contributed by atoms with Gasteiger partial charge in [-0.15, -0.1) is 0 Å². The number of aryl methyl sites for hydroxylation is 2. The molecule has 0 aliphatic heterocycles. The summed E-state index contributed by atoms with van der Waals surface area (Å²) in [5.41, 5.74) is 3.35. The smallest absolute Gasteiger partial charge is 0.0643 e. The molecular weight excluding hydrogens is 324 g/mol. The lowest BCUT2D eigenvalue weighted by Gasteiger charge is -2.31. The number of anilines is 2. The fourth-order valence-electron chi connectivity index (χ4n) is 2.71. The Morgan fingerprint density at radius 3 is 1.69 bits per heavy atom. The zero-order valence-corrected chi connectivity index (χ0v) is 16.8. The summed E-state index contributed by atoms with van der Waals surface area (Å²) in [6.45, 7) is 11.8. The second kappa shape index (κ2) is 7.68. The summed E-state index contributed by atoms with van der Waals surface area (Å²) >= 11 is 0. The molecule has 0 saturated carbocycles. The Bertz CT molecular complexity index is 712. The van der Waals surface area contributed by atoms with Gasteiger partial charge in [0.05, 0.1) is 22.5 Å². The van der Waals surface area contributed by atoms with Gasteiger partial charge in [0.2, 0.25) is 0 Å². The van der Waals surface area contributed by atoms with Gasteiger partial charge in [0.15, 0.2) is 0 Å². The number of rotatable bonds is 5. The molecule has 2 rings (SSSR count). The molecule has 2 aromatic carbocycles. The van der Waals surface area contributed by atoms with Gasteiger partial charge in [-0.05, 0) is 89.8 Å². The summed E-state index contributed by atoms with van der Waals surface area (Å²) in [4.78, 5) is 0. The van der Waals surface area contributed by atoms with Crippen LogP contribution in [0.2, 0.25) is 0 Å². The Labute approximate surface area is 157 Å². The molecule has 0 atom stereocenters. The Hall–Kier alpha value is -2.04. The fraction of sp³-hybridized carbons (Fsp3) is 0.455. The zero-order valence-electron chi connectivity index (χ0n) is 16.8. The van der Waals surface area contributed by atoms with Crippen LogP contribution in [0.1, 0.15) is 52.7 Å². The average Bonchev–Trinajstić information content (AvgIpc) is 2.58. The number of benzene rings is 2. The maximum Gasteiger partial charge on any atom is 0.0643 e. The van der Waals surface area contributed by atoms with Crippen molar-refractivity contribution in [2.24, 2.45) is 0 Å². The third-order valence-corrected chi connectivity index (χ3v) is 4.31. The van der Waals surface area contributed by atoms with Gasteiger partial charge in [0, 0.05) is 0 Å². The lowest BCUT2D eigenvalue weighted by Crippen LogP contribution is -2.38. The Balaban J connectivity index is 2.03. The van der Waals surface area contributed by atoms with Gasteiger partial charge >= 0.3 is 0 Å². The standard InChI is InChI=1S/C22H32N2O2/c1-21(2,3)23(25)19-14-12-17(13-15-19)10-11-18-8-7-9-20(16-18)24(26)22(4,5)6/h7-9,12-16,25-26H,10-11H2,1-6H3. The molecule has 142 valence electrons. The molecule has 0 aliphatic rings. The van der Waals surface area contributed by atoms with Crippen LogP contribution in [-0.2, 0) is 12.8 Å². The molecule has 0 spiro atoms. The monoisotopic (exact) mass is 356 g/mol. The maximum atomic E-state index is 10.3. The third kappa shape index (κ3) is 5.23. The van der Waals surface area contributed by atoms with Crippen molar-refractivity contribution in [3.63, 3.8) is 0 Å². The summed E-state index contributed by atoms with van der Waals surface area (Å²) in [5, 5.41) is 23.1. The molecule has 0 aliphatic carbocycles. The third-order valence-electron chi connectivity index (χ3n) is 4.31. The molecular formula is C22H32N2O2. The minimum atomic E-state index is -0.336. The first-order valence-corrected chi connectivity index (χ1v) is 9.14. The van der Waals surface area contributed by atoms with Crippen molar-refractivity contribution >= 4 is 11.4 Å². The summed E-state index contributed by atoms with van der Waals surface area (Å²) in [5.74, 6) is 0. The van der Waals surface area contributed by atoms with Crippen molar-refractivity contribution in [3.05, 3.63) is 59.7 Å². The van der Waals surface area contributed by atoms with Crippen LogP contribution in [0.25, 0.3) is 0 Å². The highest BCUT2D eigenvalue weighted by Crippen LogP contribution is 2.24. The van der Waals surface area contributed by atoms with Crippen LogP contribution in [0.4, 0.5) is 11.4 Å². The van der Waals surface area contributed by atoms with Crippen molar-refractivity contribution in [3.8, 4) is 0 Å². The van der Waals surface area contributed by atoms with Gasteiger partial charge in [-0.2, -0.15) is 0 Å². The van der Waals surface area contributed by atoms with Crippen LogP contribution in [0.5, 0.6) is 0 Å². The highest BCUT2D eigenvalue weighted by atomic mass is 16.5. The number of nitrogens with zero attached hydrogens (tertiary/aromatic N) is 2. The van der Waals surface area contributed by atoms with Crippen LogP contribution in [0, 0.1) is 0 Å². The first-order chi connectivity index (χ1) is 12.0. The predicted molar refractivity (Wildman–Crippen MR) is 108 cm³/mol. The van der Waals surface area contributed by atoms with E-state index in [9.17, 15) is 10.4 Å². The van der Waals surface area contributed by atoms with Crippen molar-refractivity contribution in [1.29, 1.82) is 0 Å². The minimum absolute atomic E-state index is 0.328. The molecule has 0 amide bonds. The largest absolute Gasteiger partial charge is 0.288 e. The molecule has 4 nitrogen and oxygen atoms in total. The van der Waals surface area contributed by atoms with Crippen molar-refractivity contribution in [2.45, 2.75) is 65.5 Å². The summed E-state index contributed by atoms with van der Waals surface area (Å²) in [7, 11) is 0. The fourth-order valence-corrected chi connectivity index (χ4v) is 2.71. The van der Waals surface area contributed by atoms with Gasteiger partial charge < -0.3 is 0 Å². The first kappa shape index (κ1) is 20.3. The lowest BCUT2D eigenvalue weighted by atomic mass is 10.0. The molecule has 0 bridgehead atoms. The van der Waals surface area contributed by atoms with Crippen LogP contribution >= 0.6 is 0 Å². The molecule has 0 unspecified atom stereocenters. The number of hydrogen-bond acceptors (Lipinski definition) is 4. The quantitative estimate of drug-likeness (QED) is 0.698. The van der Waals surface area contributed by atoms with Crippen LogP contribution in [0.15, 0.2) is 48.5 Å². The molecule has 2 N–H and O–H groups in total. The van der Waals surface area contributed by atoms with E-state index < -0.39 is 0 Å². The highest BCUT2D eigenvalue weighted by molar-refractivity contribution is 5.49. The number of hydroxylamine groups is 2. The topological polar surface area (TPSA) is 46.9 Å². The van der Waals surface area contributed by atoms with E-state index in [-0.39, 0.29) is 11.1 Å². The Kier molecular flexibility index (Phi) is 5.99. The van der Waals surface area contributed by atoms with E-state index in [0.717, 1.165) is 24.2 Å². The molecule has 0 heterocycles. The molecule has 0 radical (unpaired) electrons. The number of hydrogen-bond donors (Lipinski definition) is 2. The molecule has 2 aromatic rings. The second-order valence-corrected chi connectivity index (χ2v) is 8.80. The summed E-state index contributed by atoms with van der Waals surface area (Å²) < 4.78 is 0. The lowest BCUT2D eigenvalue weighted by molar-refractivity contribution is 0.181. The van der Waals surface area contributed by atoms with Gasteiger partial charge in [0.25, 0.3) is 0 Å². The maximum absolute atomic E-state index is 10.3. The normalized spacial score (nSPS) is 12.2. The average molecular weight is 357 g/mol. The van der Waals surface area contributed by atoms with E-state index in [1.165, 1.54) is 21.3 Å². The summed E-state index contributed by atoms with van der Waals surface area (Å²) in [6.07, 6.45) is 1.80. The van der Waals surface area contributed by atoms with Crippen LogP contribution in [-0.4, -0.2) is 21.5 Å². The molecule has 0 saturated heterocycles. The molecule has 26 heavy (non-hydrogen) atoms. The second-order valence-electron chi connectivity index (χ2n) is 8.80. The zero-order chi connectivity index (χ0) is 19.5. The predicted octanol–water partition coefficient (Wildman–Crippen LogP) is 5.46. The van der Waals surface area contributed by atoms with Gasteiger partial charge in [-0.25, -0.2) is 0 Å². The van der Waals surface area contributed by atoms with E-state index in [4.69, 9.17) is 0 Å². The van der Waals surface area contributed by atoms with Gasteiger partial charge in [0.1, 0.15) is 0 Å². The van der Waals surface area contributed by atoms with Gasteiger partial charge in [-0.1, -0.05) is 24.3 Å². The first-order valence-electron chi connectivity index (χ1n) is 9.14. The SMILES string of the molecule is CC(C)(C)N(O)c1ccc(CCc2cccc(N(O)C(C)(C)C)c2)cc1. The van der Waals surface area contributed by atoms with E-state index in [1.807, 2.05) is 71.9 Å². The van der Waals surface area contributed by atoms with E-state index in [2.05, 4.69) is 18.2 Å². The Morgan fingerprint density at radius 1 is 0.654 bits per heavy atom. The van der Waals surface area contributed by atoms with E-state index >= 15 is 0 Å². The highest BCUT2D eigenvalue weighted by Gasteiger charge is 2.20. The molecule has 0 aromatic heterocycles. The molecule has 0 fully saturated rings. The van der Waals surface area contributed by atoms with Crippen LogP contribution < -0.4 is 10.1 Å². The van der Waals surface area contributed by atoms with Gasteiger partial charge in [-0.3, -0.25) is 20.5 Å². The van der Waals surface area contributed by atoms with Crippen molar-refractivity contribution < 1.29 is 10.4 Å². The van der Waals surface area contributed by atoms with Crippen LogP contribution in [0.3, 0.4) is 0 Å².